The van der Waals surface area contributed by atoms with Crippen LogP contribution >= 0.6 is 0 Å². The van der Waals surface area contributed by atoms with Crippen LogP contribution in [0.25, 0.3) is 27.8 Å². The molecule has 0 radical (unpaired) electrons. The van der Waals surface area contributed by atoms with Crippen molar-refractivity contribution >= 4 is 21.7 Å². The molecule has 1 unspecified atom stereocenters. The largest absolute Gasteiger partial charge is 0.0903 e. The zero-order valence-corrected chi connectivity index (χ0v) is 25.4. The first kappa shape index (κ1) is 23.9. The Hall–Kier alpha value is -3.21. The van der Waals surface area contributed by atoms with Gasteiger partial charge < -0.3 is 0 Å². The Morgan fingerprint density at radius 2 is 0.921 bits per heavy atom. The number of benzene rings is 4. The van der Waals surface area contributed by atoms with Crippen molar-refractivity contribution in [3.05, 3.63) is 136 Å². The maximum Gasteiger partial charge on any atom is 0.0691 e. The predicted molar refractivity (Wildman–Crippen MR) is 169 cm³/mol. The molecule has 4 aromatic carbocycles. The summed E-state index contributed by atoms with van der Waals surface area (Å²) in [5.74, 6) is 0. The monoisotopic (exact) mass is 524 g/mol. The quantitative estimate of drug-likeness (QED) is 0.202. The molecule has 2 heteroatoms. The lowest BCUT2D eigenvalue weighted by Gasteiger charge is -2.59. The molecule has 0 aliphatic heterocycles. The smallest absolute Gasteiger partial charge is 0.0691 e. The van der Waals surface area contributed by atoms with Crippen molar-refractivity contribution in [2.45, 2.75) is 50.2 Å². The maximum absolute atomic E-state index is 2.76. The molecule has 7 rings (SSSR count). The topological polar surface area (TPSA) is 0 Å². The molecule has 1 spiro atoms. The van der Waals surface area contributed by atoms with Gasteiger partial charge >= 0.3 is 0 Å². The number of hydrogen-bond acceptors (Lipinski definition) is 0. The second-order valence-corrected chi connectivity index (χ2v) is 23.8. The zero-order chi connectivity index (χ0) is 26.4. The first-order valence-corrected chi connectivity index (χ1v) is 21.2. The summed E-state index contributed by atoms with van der Waals surface area (Å²) in [4.78, 5) is 0. The van der Waals surface area contributed by atoms with E-state index in [0.717, 1.165) is 0 Å². The van der Waals surface area contributed by atoms with Gasteiger partial charge in [-0.1, -0.05) is 142 Å². The molecule has 38 heavy (non-hydrogen) atoms. The minimum Gasteiger partial charge on any atom is -0.0903 e. The third-order valence-corrected chi connectivity index (χ3v) is 12.4. The summed E-state index contributed by atoms with van der Waals surface area (Å²) in [5.41, 5.74) is 19.5. The highest BCUT2D eigenvalue weighted by Crippen LogP contribution is 2.74. The van der Waals surface area contributed by atoms with Crippen molar-refractivity contribution in [3.8, 4) is 22.3 Å². The van der Waals surface area contributed by atoms with Gasteiger partial charge in [0.1, 0.15) is 0 Å². The number of hydrogen-bond donors (Lipinski definition) is 0. The molecule has 0 nitrogen and oxygen atoms in total. The second-order valence-electron chi connectivity index (χ2n) is 13.5. The molecule has 0 heterocycles. The van der Waals surface area contributed by atoms with Gasteiger partial charge in [-0.2, -0.15) is 0 Å². The van der Waals surface area contributed by atoms with Gasteiger partial charge in [0, 0.05) is 0 Å². The minimum atomic E-state index is -1.72. The van der Waals surface area contributed by atoms with Gasteiger partial charge in [0.2, 0.25) is 0 Å². The van der Waals surface area contributed by atoms with E-state index < -0.39 is 16.1 Å². The SMILES string of the molecule is C[Si](C)(C)/C=C1/C(=C2c3ccccc3-c3ccccc32)C([Si](C)(C)C)C12c1ccccc1-c1ccccc12. The molecule has 1 atom stereocenters. The zero-order valence-electron chi connectivity index (χ0n) is 23.4. The number of allylic oxidation sites excluding steroid dienone is 2. The summed E-state index contributed by atoms with van der Waals surface area (Å²) >= 11 is 0. The molecule has 0 bridgehead atoms. The number of rotatable bonds is 2. The standard InChI is InChI=1S/C36H36Si2/c1-37(2,3)23-32-34(33-28-19-9-7-15-24(28)25-16-8-10-20-29(25)33)35(38(4,5)6)36(32)30-21-13-11-17-26(30)27-18-12-14-22-31(27)36/h7-23,35H,1-6H3/b32-23-. The maximum atomic E-state index is 2.76. The Morgan fingerprint density at radius 1 is 0.526 bits per heavy atom. The summed E-state index contributed by atoms with van der Waals surface area (Å²) in [6.45, 7) is 15.3. The van der Waals surface area contributed by atoms with Crippen LogP contribution in [0, 0.1) is 0 Å². The van der Waals surface area contributed by atoms with Crippen LogP contribution in [0.2, 0.25) is 44.8 Å². The molecule has 0 saturated heterocycles. The van der Waals surface area contributed by atoms with Crippen molar-refractivity contribution in [2.24, 2.45) is 0 Å². The lowest BCUT2D eigenvalue weighted by atomic mass is 9.54. The normalized spacial score (nSPS) is 19.7. The van der Waals surface area contributed by atoms with E-state index in [9.17, 15) is 0 Å². The van der Waals surface area contributed by atoms with Gasteiger partial charge in [0.05, 0.1) is 21.6 Å². The van der Waals surface area contributed by atoms with Crippen LogP contribution in [0.4, 0.5) is 0 Å². The Balaban J connectivity index is 1.66. The molecule has 3 aliphatic rings. The van der Waals surface area contributed by atoms with Crippen LogP contribution in [0.5, 0.6) is 0 Å². The summed E-state index contributed by atoms with van der Waals surface area (Å²) < 4.78 is 0. The fourth-order valence-electron chi connectivity index (χ4n) is 7.83. The molecule has 1 saturated carbocycles. The van der Waals surface area contributed by atoms with Crippen molar-refractivity contribution < 1.29 is 0 Å². The van der Waals surface area contributed by atoms with Crippen molar-refractivity contribution in [3.63, 3.8) is 0 Å². The van der Waals surface area contributed by atoms with Crippen molar-refractivity contribution in [1.82, 2.24) is 0 Å². The van der Waals surface area contributed by atoms with Gasteiger partial charge in [-0.3, -0.25) is 0 Å². The average molecular weight is 525 g/mol. The van der Waals surface area contributed by atoms with Gasteiger partial charge in [-0.25, -0.2) is 0 Å². The van der Waals surface area contributed by atoms with Crippen LogP contribution in [-0.2, 0) is 5.41 Å². The number of fused-ring (bicyclic) bond motifs is 8. The fourth-order valence-corrected chi connectivity index (χ4v) is 12.0. The van der Waals surface area contributed by atoms with E-state index in [1.807, 2.05) is 0 Å². The fraction of sp³-hybridized carbons (Fsp3) is 0.222. The van der Waals surface area contributed by atoms with Crippen LogP contribution in [0.3, 0.4) is 0 Å². The van der Waals surface area contributed by atoms with Gasteiger partial charge in [0.15, 0.2) is 0 Å². The lowest BCUT2D eigenvalue weighted by Crippen LogP contribution is -2.55. The van der Waals surface area contributed by atoms with Gasteiger partial charge in [0.25, 0.3) is 0 Å². The third-order valence-electron chi connectivity index (χ3n) is 8.83. The Labute approximate surface area is 229 Å². The molecule has 1 fully saturated rings. The molecule has 188 valence electrons. The highest BCUT2D eigenvalue weighted by molar-refractivity contribution is 6.82. The predicted octanol–water partition coefficient (Wildman–Crippen LogP) is 9.96. The highest BCUT2D eigenvalue weighted by atomic mass is 28.3. The first-order valence-electron chi connectivity index (χ1n) is 14.0. The van der Waals surface area contributed by atoms with Crippen LogP contribution < -0.4 is 0 Å². The van der Waals surface area contributed by atoms with Gasteiger partial charge in [-0.05, 0) is 66.8 Å². The van der Waals surface area contributed by atoms with Crippen LogP contribution in [-0.4, -0.2) is 16.1 Å². The summed E-state index contributed by atoms with van der Waals surface area (Å²) in [7, 11) is -3.29. The lowest BCUT2D eigenvalue weighted by molar-refractivity contribution is 0.522. The van der Waals surface area contributed by atoms with E-state index in [0.29, 0.717) is 5.54 Å². The van der Waals surface area contributed by atoms with Crippen molar-refractivity contribution in [1.29, 1.82) is 0 Å². The average Bonchev–Trinajstić information content (AvgIpc) is 3.37. The van der Waals surface area contributed by atoms with E-state index >= 15 is 0 Å². The molecule has 0 N–H and O–H groups in total. The second kappa shape index (κ2) is 7.91. The summed E-state index contributed by atoms with van der Waals surface area (Å²) in [5, 5.41) is 0. The van der Waals surface area contributed by atoms with E-state index in [4.69, 9.17) is 0 Å². The van der Waals surface area contributed by atoms with Crippen molar-refractivity contribution in [2.75, 3.05) is 0 Å². The van der Waals surface area contributed by atoms with E-state index in [-0.39, 0.29) is 5.41 Å². The molecule has 0 aromatic heterocycles. The molecular weight excluding hydrogens is 489 g/mol. The van der Waals surface area contributed by atoms with Crippen LogP contribution in [0.15, 0.2) is 114 Å². The molecule has 4 aromatic rings. The Morgan fingerprint density at radius 3 is 1.34 bits per heavy atom. The molecule has 3 aliphatic carbocycles. The van der Waals surface area contributed by atoms with E-state index in [1.165, 1.54) is 50.1 Å². The Kier molecular flexibility index (Phi) is 4.97. The first-order chi connectivity index (χ1) is 18.1. The van der Waals surface area contributed by atoms with Gasteiger partial charge in [-0.15, -0.1) is 0 Å². The molecule has 0 amide bonds. The van der Waals surface area contributed by atoms with E-state index in [2.05, 4.69) is 142 Å². The summed E-state index contributed by atoms with van der Waals surface area (Å²) in [6.07, 6.45) is 0. The third kappa shape index (κ3) is 3.08. The van der Waals surface area contributed by atoms with Crippen LogP contribution in [0.1, 0.15) is 22.3 Å². The minimum absolute atomic E-state index is 0.0627. The van der Waals surface area contributed by atoms with E-state index in [1.54, 1.807) is 11.1 Å². The highest BCUT2D eigenvalue weighted by Gasteiger charge is 2.65. The summed E-state index contributed by atoms with van der Waals surface area (Å²) in [6, 6.07) is 36.8. The molecular formula is C36H36Si2. The Bertz CT molecular complexity index is 1590.